The third-order valence-electron chi connectivity index (χ3n) is 3.88. The average Bonchev–Trinajstić information content (AvgIpc) is 2.43. The lowest BCUT2D eigenvalue weighted by atomic mass is 9.96. The molecule has 6 heteroatoms. The maximum absolute atomic E-state index is 11.8. The van der Waals surface area contributed by atoms with Crippen molar-refractivity contribution in [3.05, 3.63) is 32.6 Å². The van der Waals surface area contributed by atoms with Crippen molar-refractivity contribution in [3.63, 3.8) is 0 Å². The first-order valence-corrected chi connectivity index (χ1v) is 7.07. The lowest BCUT2D eigenvalue weighted by Crippen LogP contribution is -2.40. The highest BCUT2D eigenvalue weighted by Crippen LogP contribution is 2.12. The third kappa shape index (κ3) is 3.80. The van der Waals surface area contributed by atoms with Crippen LogP contribution in [-0.2, 0) is 20.6 Å². The molecule has 1 aromatic rings. The number of nitrogens with one attached hydrogen (secondary N) is 1. The van der Waals surface area contributed by atoms with E-state index in [9.17, 15) is 14.7 Å². The molecule has 1 rings (SSSR count). The Morgan fingerprint density at radius 3 is 2.35 bits per heavy atom. The molecule has 0 amide bonds. The zero-order valence-corrected chi connectivity index (χ0v) is 12.7. The third-order valence-corrected chi connectivity index (χ3v) is 3.88. The number of aliphatic hydroxyl groups is 1. The van der Waals surface area contributed by atoms with E-state index in [0.717, 1.165) is 17.4 Å². The van der Waals surface area contributed by atoms with E-state index in [2.05, 4.69) is 19.2 Å². The zero-order chi connectivity index (χ0) is 15.3. The molecule has 0 spiro atoms. The highest BCUT2D eigenvalue weighted by Gasteiger charge is 2.15. The fourth-order valence-corrected chi connectivity index (χ4v) is 2.30. The van der Waals surface area contributed by atoms with Crippen LogP contribution in [0.15, 0.2) is 15.7 Å². The minimum atomic E-state index is -0.409. The molecule has 6 nitrogen and oxygen atoms in total. The van der Waals surface area contributed by atoms with E-state index in [-0.39, 0.29) is 17.2 Å². The Kier molecular flexibility index (Phi) is 6.16. The summed E-state index contributed by atoms with van der Waals surface area (Å²) < 4.78 is 2.51. The summed E-state index contributed by atoms with van der Waals surface area (Å²) in [6.45, 7) is 4.96. The number of rotatable bonds is 7. The lowest BCUT2D eigenvalue weighted by molar-refractivity contribution is 0.101. The molecule has 0 fully saturated rings. The summed E-state index contributed by atoms with van der Waals surface area (Å²) >= 11 is 0. The molecule has 1 atom stereocenters. The smallest absolute Gasteiger partial charge is 0.330 e. The van der Waals surface area contributed by atoms with Gasteiger partial charge in [0, 0.05) is 38.9 Å². The van der Waals surface area contributed by atoms with Gasteiger partial charge in [0.1, 0.15) is 0 Å². The monoisotopic (exact) mass is 283 g/mol. The SMILES string of the molecule is CCC(CC)C(O)CNCc1cc(=O)n(C)c(=O)n1C. The van der Waals surface area contributed by atoms with Gasteiger partial charge in [0.2, 0.25) is 0 Å². The van der Waals surface area contributed by atoms with E-state index in [1.54, 1.807) is 7.05 Å². The van der Waals surface area contributed by atoms with Gasteiger partial charge in [0.25, 0.3) is 5.56 Å². The van der Waals surface area contributed by atoms with Crippen LogP contribution in [-0.4, -0.2) is 26.9 Å². The van der Waals surface area contributed by atoms with Crippen LogP contribution in [0.3, 0.4) is 0 Å². The van der Waals surface area contributed by atoms with Crippen LogP contribution in [0.1, 0.15) is 32.4 Å². The Labute approximate surface area is 119 Å². The van der Waals surface area contributed by atoms with Crippen LogP contribution in [0, 0.1) is 5.92 Å². The molecule has 0 bridgehead atoms. The van der Waals surface area contributed by atoms with E-state index < -0.39 is 6.10 Å². The van der Waals surface area contributed by atoms with Gasteiger partial charge in [-0.25, -0.2) is 4.79 Å². The van der Waals surface area contributed by atoms with Crippen LogP contribution >= 0.6 is 0 Å². The molecule has 2 N–H and O–H groups in total. The quantitative estimate of drug-likeness (QED) is 0.737. The molecule has 1 heterocycles. The summed E-state index contributed by atoms with van der Waals surface area (Å²) in [5.74, 6) is 0.273. The van der Waals surface area contributed by atoms with E-state index >= 15 is 0 Å². The number of aromatic nitrogens is 2. The van der Waals surface area contributed by atoms with Gasteiger partial charge in [-0.15, -0.1) is 0 Å². The van der Waals surface area contributed by atoms with Crippen LogP contribution in [0.5, 0.6) is 0 Å². The van der Waals surface area contributed by atoms with Crippen LogP contribution < -0.4 is 16.6 Å². The summed E-state index contributed by atoms with van der Waals surface area (Å²) in [5.41, 5.74) is -0.0323. The predicted molar refractivity (Wildman–Crippen MR) is 78.7 cm³/mol. The summed E-state index contributed by atoms with van der Waals surface area (Å²) in [6, 6.07) is 1.44. The fourth-order valence-electron chi connectivity index (χ4n) is 2.30. The first-order chi connectivity index (χ1) is 9.42. The normalized spacial score (nSPS) is 12.9. The molecule has 0 saturated heterocycles. The molecule has 0 radical (unpaired) electrons. The molecule has 0 aliphatic carbocycles. The van der Waals surface area contributed by atoms with Crippen LogP contribution in [0.2, 0.25) is 0 Å². The Hall–Kier alpha value is -1.40. The van der Waals surface area contributed by atoms with Gasteiger partial charge in [0.05, 0.1) is 6.10 Å². The topological polar surface area (TPSA) is 76.3 Å². The van der Waals surface area contributed by atoms with Crippen molar-refractivity contribution in [3.8, 4) is 0 Å². The minimum Gasteiger partial charge on any atom is -0.392 e. The van der Waals surface area contributed by atoms with Crippen molar-refractivity contribution < 1.29 is 5.11 Å². The van der Waals surface area contributed by atoms with Gasteiger partial charge < -0.3 is 10.4 Å². The van der Waals surface area contributed by atoms with Gasteiger partial charge in [-0.2, -0.15) is 0 Å². The molecule has 0 aliphatic heterocycles. The molecular formula is C14H25N3O3. The summed E-state index contributed by atoms with van der Waals surface area (Å²) in [5, 5.41) is 13.1. The van der Waals surface area contributed by atoms with Crippen molar-refractivity contribution in [2.75, 3.05) is 6.54 Å². The summed E-state index contributed by atoms with van der Waals surface area (Å²) in [4.78, 5) is 23.3. The second-order valence-corrected chi connectivity index (χ2v) is 5.15. The lowest BCUT2D eigenvalue weighted by Gasteiger charge is -2.20. The van der Waals surface area contributed by atoms with Crippen molar-refractivity contribution in [2.45, 2.75) is 39.3 Å². The predicted octanol–water partition coefficient (Wildman–Crippen LogP) is -0.0293. The van der Waals surface area contributed by atoms with Gasteiger partial charge in [0.15, 0.2) is 0 Å². The number of hydrogen-bond donors (Lipinski definition) is 2. The largest absolute Gasteiger partial charge is 0.392 e. The first kappa shape index (κ1) is 16.7. The molecule has 20 heavy (non-hydrogen) atoms. The van der Waals surface area contributed by atoms with Gasteiger partial charge in [-0.05, 0) is 5.92 Å². The maximum atomic E-state index is 11.8. The Bertz CT molecular complexity index is 544. The highest BCUT2D eigenvalue weighted by molar-refractivity contribution is 5.01. The number of aliphatic hydroxyl groups excluding tert-OH is 1. The molecular weight excluding hydrogens is 258 g/mol. The van der Waals surface area contributed by atoms with Crippen molar-refractivity contribution in [2.24, 2.45) is 20.0 Å². The molecule has 114 valence electrons. The van der Waals surface area contributed by atoms with E-state index in [1.165, 1.54) is 17.7 Å². The minimum absolute atomic E-state index is 0.273. The van der Waals surface area contributed by atoms with Crippen molar-refractivity contribution in [1.29, 1.82) is 0 Å². The molecule has 0 aromatic carbocycles. The van der Waals surface area contributed by atoms with Crippen molar-refractivity contribution >= 4 is 0 Å². The van der Waals surface area contributed by atoms with Crippen LogP contribution in [0.4, 0.5) is 0 Å². The van der Waals surface area contributed by atoms with Gasteiger partial charge >= 0.3 is 5.69 Å². The summed E-state index contributed by atoms with van der Waals surface area (Å²) in [7, 11) is 3.09. The highest BCUT2D eigenvalue weighted by atomic mass is 16.3. The standard InChI is InChI=1S/C14H25N3O3/c1-5-10(6-2)12(18)9-15-8-11-7-13(19)17(4)14(20)16(11)3/h7,10,12,15,18H,5-6,8-9H2,1-4H3. The maximum Gasteiger partial charge on any atom is 0.330 e. The fraction of sp³-hybridized carbons (Fsp3) is 0.714. The van der Waals surface area contributed by atoms with Crippen molar-refractivity contribution in [1.82, 2.24) is 14.5 Å². The molecule has 1 aromatic heterocycles. The molecule has 0 aliphatic rings. The number of nitrogens with zero attached hydrogens (tertiary/aromatic N) is 2. The Morgan fingerprint density at radius 1 is 1.20 bits per heavy atom. The van der Waals surface area contributed by atoms with E-state index in [1.807, 2.05) is 0 Å². The average molecular weight is 283 g/mol. The first-order valence-electron chi connectivity index (χ1n) is 7.07. The van der Waals surface area contributed by atoms with Gasteiger partial charge in [-0.1, -0.05) is 26.7 Å². The number of hydrogen-bond acceptors (Lipinski definition) is 4. The Balaban J connectivity index is 2.68. The van der Waals surface area contributed by atoms with E-state index in [0.29, 0.717) is 18.8 Å². The molecule has 0 saturated carbocycles. The molecule has 1 unspecified atom stereocenters. The van der Waals surface area contributed by atoms with Crippen LogP contribution in [0.25, 0.3) is 0 Å². The summed E-state index contributed by atoms with van der Waals surface area (Å²) in [6.07, 6.45) is 1.46. The Morgan fingerprint density at radius 2 is 1.80 bits per heavy atom. The van der Waals surface area contributed by atoms with Gasteiger partial charge in [-0.3, -0.25) is 13.9 Å². The second-order valence-electron chi connectivity index (χ2n) is 5.15. The van der Waals surface area contributed by atoms with E-state index in [4.69, 9.17) is 0 Å². The zero-order valence-electron chi connectivity index (χ0n) is 12.7. The second kappa shape index (κ2) is 7.40.